The molecule has 0 aromatic carbocycles. The molecular formula is C26H52N4O9Si. The Labute approximate surface area is 240 Å². The molecule has 3 N–H and O–H groups in total. The Hall–Kier alpha value is -1.65. The van der Waals surface area contributed by atoms with Crippen LogP contribution in [0.4, 0.5) is 0 Å². The van der Waals surface area contributed by atoms with Crippen molar-refractivity contribution in [1.29, 1.82) is 0 Å². The van der Waals surface area contributed by atoms with Gasteiger partial charge in [-0.15, -0.1) is 0 Å². The third-order valence-corrected chi connectivity index (χ3v) is 10.1. The predicted molar refractivity (Wildman–Crippen MR) is 153 cm³/mol. The van der Waals surface area contributed by atoms with Gasteiger partial charge in [-0.05, 0) is 33.7 Å². The predicted octanol–water partition coefficient (Wildman–Crippen LogP) is 1.07. The van der Waals surface area contributed by atoms with Crippen LogP contribution < -0.4 is 0 Å². The molecule has 40 heavy (non-hydrogen) atoms. The van der Waals surface area contributed by atoms with E-state index in [-0.39, 0.29) is 19.3 Å². The van der Waals surface area contributed by atoms with Gasteiger partial charge in [-0.2, -0.15) is 0 Å². The Kier molecular flexibility index (Phi) is 19.2. The maximum Gasteiger partial charge on any atom is 0.500 e. The second-order valence-electron chi connectivity index (χ2n) is 9.88. The van der Waals surface area contributed by atoms with Crippen molar-refractivity contribution in [2.45, 2.75) is 52.5 Å². The number of carboxylic acids is 3. The zero-order valence-corrected chi connectivity index (χ0v) is 25.7. The van der Waals surface area contributed by atoms with Gasteiger partial charge in [0.15, 0.2) is 0 Å². The lowest BCUT2D eigenvalue weighted by atomic mass is 10.2. The Bertz CT molecular complexity index is 683. The largest absolute Gasteiger partial charge is 0.500 e. The average molecular weight is 593 g/mol. The van der Waals surface area contributed by atoms with E-state index in [0.29, 0.717) is 84.8 Å². The maximum atomic E-state index is 11.3. The number of hydrogen-bond acceptors (Lipinski definition) is 10. The lowest BCUT2D eigenvalue weighted by molar-refractivity contribution is -0.138. The highest BCUT2D eigenvalue weighted by Crippen LogP contribution is 2.19. The summed E-state index contributed by atoms with van der Waals surface area (Å²) in [6.07, 6.45) is 0.931. The summed E-state index contributed by atoms with van der Waals surface area (Å²) in [5, 5.41) is 27.7. The monoisotopic (exact) mass is 592 g/mol. The third kappa shape index (κ3) is 16.6. The minimum Gasteiger partial charge on any atom is -0.481 e. The van der Waals surface area contributed by atoms with Crippen molar-refractivity contribution in [2.75, 3.05) is 98.4 Å². The van der Waals surface area contributed by atoms with Crippen molar-refractivity contribution in [2.24, 2.45) is 0 Å². The van der Waals surface area contributed by atoms with Crippen molar-refractivity contribution in [1.82, 2.24) is 19.6 Å². The van der Waals surface area contributed by atoms with E-state index in [9.17, 15) is 29.7 Å². The SMILES string of the molecule is CCO[Si](CCCN1CCN(CCC(=O)O)CCN(CCC(=O)O)CCN(CCC(=O)O)CC1)(OCC)OCC. The minimum atomic E-state index is -2.76. The molecule has 0 aromatic heterocycles. The summed E-state index contributed by atoms with van der Waals surface area (Å²) >= 11 is 0. The molecule has 0 amide bonds. The molecule has 0 atom stereocenters. The van der Waals surface area contributed by atoms with Gasteiger partial charge in [0, 0.05) is 97.9 Å². The molecule has 0 aliphatic carbocycles. The van der Waals surface area contributed by atoms with Crippen LogP contribution in [0.5, 0.6) is 0 Å². The number of hydrogen-bond donors (Lipinski definition) is 3. The molecule has 14 heteroatoms. The fourth-order valence-electron chi connectivity index (χ4n) is 4.75. The fourth-order valence-corrected chi connectivity index (χ4v) is 7.35. The number of rotatable bonds is 19. The zero-order valence-electron chi connectivity index (χ0n) is 24.7. The zero-order chi connectivity index (χ0) is 29.8. The molecule has 0 radical (unpaired) electrons. The van der Waals surface area contributed by atoms with Crippen molar-refractivity contribution >= 4 is 26.7 Å². The Balaban J connectivity index is 2.99. The number of carboxylic acid groups (broad SMARTS) is 3. The summed E-state index contributed by atoms with van der Waals surface area (Å²) in [5.74, 6) is -2.55. The van der Waals surface area contributed by atoms with Crippen LogP contribution in [0.25, 0.3) is 0 Å². The summed E-state index contributed by atoms with van der Waals surface area (Å²) in [6, 6.07) is 0.697. The summed E-state index contributed by atoms with van der Waals surface area (Å²) < 4.78 is 18.0. The minimum absolute atomic E-state index is 0.0219. The van der Waals surface area contributed by atoms with Crippen LogP contribution in [0, 0.1) is 0 Å². The molecule has 0 spiro atoms. The average Bonchev–Trinajstić information content (AvgIpc) is 2.88. The Morgan fingerprint density at radius 2 is 0.825 bits per heavy atom. The summed E-state index contributed by atoms with van der Waals surface area (Å²) in [6.45, 7) is 14.7. The van der Waals surface area contributed by atoms with Gasteiger partial charge in [0.2, 0.25) is 0 Å². The quantitative estimate of drug-likeness (QED) is 0.184. The van der Waals surface area contributed by atoms with E-state index in [4.69, 9.17) is 13.3 Å². The van der Waals surface area contributed by atoms with E-state index in [2.05, 4.69) is 19.6 Å². The standard InChI is InChI=1S/C26H52N4O9Si/c1-4-37-40(38-5-2,39-6-3)23-7-11-27-15-17-28(12-8-24(31)32)19-21-30(14-10-26(35)36)22-20-29(18-16-27)13-9-25(33)34/h4-23H2,1-3H3,(H,31,32)(H,33,34)(H,35,36). The fraction of sp³-hybridized carbons (Fsp3) is 0.885. The van der Waals surface area contributed by atoms with Crippen LogP contribution in [0.15, 0.2) is 0 Å². The molecule has 1 aliphatic rings. The lowest BCUT2D eigenvalue weighted by Crippen LogP contribution is -2.48. The van der Waals surface area contributed by atoms with E-state index >= 15 is 0 Å². The van der Waals surface area contributed by atoms with Crippen LogP contribution in [0.2, 0.25) is 6.04 Å². The van der Waals surface area contributed by atoms with Gasteiger partial charge in [-0.3, -0.25) is 14.4 Å². The van der Waals surface area contributed by atoms with E-state index in [1.807, 2.05) is 20.8 Å². The van der Waals surface area contributed by atoms with Gasteiger partial charge in [-0.1, -0.05) is 0 Å². The second-order valence-corrected chi connectivity index (χ2v) is 12.6. The molecule has 1 aliphatic heterocycles. The summed E-state index contributed by atoms with van der Waals surface area (Å²) in [5.41, 5.74) is 0. The van der Waals surface area contributed by atoms with E-state index < -0.39 is 26.7 Å². The van der Waals surface area contributed by atoms with Crippen molar-refractivity contribution in [3.8, 4) is 0 Å². The molecule has 1 rings (SSSR count). The summed E-state index contributed by atoms with van der Waals surface area (Å²) in [7, 11) is -2.76. The molecule has 234 valence electrons. The first kappa shape index (κ1) is 36.4. The first-order chi connectivity index (χ1) is 19.1. The van der Waals surface area contributed by atoms with Crippen molar-refractivity contribution in [3.05, 3.63) is 0 Å². The molecule has 1 fully saturated rings. The van der Waals surface area contributed by atoms with Crippen LogP contribution >= 0.6 is 0 Å². The molecule has 0 unspecified atom stereocenters. The number of nitrogens with zero attached hydrogens (tertiary/aromatic N) is 4. The van der Waals surface area contributed by atoms with Crippen LogP contribution in [-0.2, 0) is 27.7 Å². The number of aliphatic carboxylic acids is 3. The maximum absolute atomic E-state index is 11.3. The smallest absolute Gasteiger partial charge is 0.481 e. The van der Waals surface area contributed by atoms with Crippen molar-refractivity contribution < 1.29 is 43.0 Å². The molecule has 0 bridgehead atoms. The molecule has 1 heterocycles. The third-order valence-electron chi connectivity index (χ3n) is 6.91. The molecule has 0 aromatic rings. The summed E-state index contributed by atoms with van der Waals surface area (Å²) in [4.78, 5) is 42.4. The van der Waals surface area contributed by atoms with Gasteiger partial charge in [0.05, 0.1) is 19.3 Å². The highest BCUT2D eigenvalue weighted by atomic mass is 28.4. The first-order valence-corrected chi connectivity index (χ1v) is 16.5. The Morgan fingerprint density at radius 3 is 1.07 bits per heavy atom. The van der Waals surface area contributed by atoms with Gasteiger partial charge in [0.1, 0.15) is 0 Å². The van der Waals surface area contributed by atoms with Crippen molar-refractivity contribution in [3.63, 3.8) is 0 Å². The van der Waals surface area contributed by atoms with Gasteiger partial charge in [-0.25, -0.2) is 0 Å². The van der Waals surface area contributed by atoms with E-state index in [0.717, 1.165) is 26.1 Å². The van der Waals surface area contributed by atoms with Crippen LogP contribution in [0.3, 0.4) is 0 Å². The number of carbonyl (C=O) groups is 3. The second kappa shape index (κ2) is 21.1. The first-order valence-electron chi connectivity index (χ1n) is 14.6. The highest BCUT2D eigenvalue weighted by molar-refractivity contribution is 6.60. The molecule has 1 saturated heterocycles. The lowest BCUT2D eigenvalue weighted by Gasteiger charge is -2.34. The van der Waals surface area contributed by atoms with Gasteiger partial charge in [0.25, 0.3) is 0 Å². The van der Waals surface area contributed by atoms with Gasteiger partial charge < -0.3 is 48.2 Å². The van der Waals surface area contributed by atoms with Gasteiger partial charge >= 0.3 is 26.7 Å². The molecule has 13 nitrogen and oxygen atoms in total. The Morgan fingerprint density at radius 1 is 0.550 bits per heavy atom. The molecule has 0 saturated carbocycles. The topological polar surface area (TPSA) is 153 Å². The van der Waals surface area contributed by atoms with Crippen LogP contribution in [0.1, 0.15) is 46.5 Å². The highest BCUT2D eigenvalue weighted by Gasteiger charge is 2.39. The normalized spacial score (nSPS) is 17.8. The van der Waals surface area contributed by atoms with E-state index in [1.165, 1.54) is 0 Å². The molecular weight excluding hydrogens is 540 g/mol. The van der Waals surface area contributed by atoms with Crippen LogP contribution in [-0.4, -0.2) is 160 Å². The van der Waals surface area contributed by atoms with E-state index in [1.54, 1.807) is 0 Å².